The van der Waals surface area contributed by atoms with Crippen LogP contribution in [0.3, 0.4) is 0 Å². The number of oxazole rings is 1. The van der Waals surface area contributed by atoms with Crippen molar-refractivity contribution in [3.8, 4) is 0 Å². The predicted molar refractivity (Wildman–Crippen MR) is 92.2 cm³/mol. The Labute approximate surface area is 149 Å². The first kappa shape index (κ1) is 17.3. The third-order valence-corrected chi connectivity index (χ3v) is 3.72. The van der Waals surface area contributed by atoms with Crippen LogP contribution in [0.25, 0.3) is 0 Å². The van der Waals surface area contributed by atoms with Crippen LogP contribution in [0.1, 0.15) is 44.5 Å². The minimum atomic E-state index is -1.02. The monoisotopic (exact) mass is 349 g/mol. The zero-order chi connectivity index (χ0) is 18.5. The van der Waals surface area contributed by atoms with Crippen molar-refractivity contribution in [2.75, 3.05) is 0 Å². The summed E-state index contributed by atoms with van der Waals surface area (Å²) in [6, 6.07) is 16.8. The van der Waals surface area contributed by atoms with Crippen molar-refractivity contribution < 1.29 is 23.9 Å². The Morgan fingerprint density at radius 1 is 0.846 bits per heavy atom. The predicted octanol–water partition coefficient (Wildman–Crippen LogP) is 3.15. The third-order valence-electron chi connectivity index (χ3n) is 3.72. The summed E-state index contributed by atoms with van der Waals surface area (Å²) < 4.78 is 5.48. The lowest BCUT2D eigenvalue weighted by Crippen LogP contribution is -2.10. The number of hydrogen-bond donors (Lipinski definition) is 1. The Hall–Kier alpha value is -3.54. The van der Waals surface area contributed by atoms with E-state index in [2.05, 4.69) is 4.98 Å². The average Bonchev–Trinajstić information content (AvgIpc) is 3.11. The van der Waals surface area contributed by atoms with Gasteiger partial charge in [-0.05, 0) is 0 Å². The second-order valence-corrected chi connectivity index (χ2v) is 5.57. The molecule has 3 rings (SSSR count). The first-order valence-corrected chi connectivity index (χ1v) is 7.97. The van der Waals surface area contributed by atoms with Gasteiger partial charge < -0.3 is 9.52 Å². The van der Waals surface area contributed by atoms with Crippen molar-refractivity contribution in [1.82, 2.24) is 4.98 Å². The molecule has 1 aromatic heterocycles. The molecule has 1 N–H and O–H groups in total. The molecule has 0 bridgehead atoms. The molecule has 130 valence electrons. The highest BCUT2D eigenvalue weighted by molar-refractivity contribution is 6.17. The number of carbonyl (C=O) groups is 3. The van der Waals surface area contributed by atoms with Crippen molar-refractivity contribution in [1.29, 1.82) is 0 Å². The molecule has 3 aromatic rings. The molecular formula is C20H15NO5. The molecule has 1 heterocycles. The highest BCUT2D eigenvalue weighted by Crippen LogP contribution is 2.20. The van der Waals surface area contributed by atoms with Crippen LogP contribution in [-0.2, 0) is 11.2 Å². The zero-order valence-corrected chi connectivity index (χ0v) is 13.7. The minimum absolute atomic E-state index is 0.00747. The maximum absolute atomic E-state index is 12.8. The molecule has 0 aliphatic carbocycles. The lowest BCUT2D eigenvalue weighted by Gasteiger charge is -2.01. The number of aliphatic carboxylic acids is 1. The number of carboxylic acid groups (broad SMARTS) is 1. The summed E-state index contributed by atoms with van der Waals surface area (Å²) in [5.74, 6) is -2.07. The fraction of sp³-hybridized carbons (Fsp3) is 0.100. The molecule has 0 atom stereocenters. The van der Waals surface area contributed by atoms with Gasteiger partial charge in [-0.3, -0.25) is 14.4 Å². The van der Waals surface area contributed by atoms with Crippen molar-refractivity contribution in [2.24, 2.45) is 0 Å². The molecule has 0 amide bonds. The van der Waals surface area contributed by atoms with Gasteiger partial charge in [-0.1, -0.05) is 60.7 Å². The van der Waals surface area contributed by atoms with E-state index in [1.165, 1.54) is 0 Å². The van der Waals surface area contributed by atoms with Gasteiger partial charge in [0.25, 0.3) is 0 Å². The van der Waals surface area contributed by atoms with Crippen LogP contribution in [0, 0.1) is 0 Å². The quantitative estimate of drug-likeness (QED) is 0.658. The summed E-state index contributed by atoms with van der Waals surface area (Å²) >= 11 is 0. The largest absolute Gasteiger partial charge is 0.481 e. The Morgan fingerprint density at radius 3 is 1.92 bits per heavy atom. The van der Waals surface area contributed by atoms with Gasteiger partial charge in [0.15, 0.2) is 11.6 Å². The summed E-state index contributed by atoms with van der Waals surface area (Å²) in [5, 5.41) is 8.82. The van der Waals surface area contributed by atoms with Gasteiger partial charge in [0.2, 0.25) is 17.3 Å². The van der Waals surface area contributed by atoms with Gasteiger partial charge in [-0.25, -0.2) is 4.98 Å². The van der Waals surface area contributed by atoms with Gasteiger partial charge in [0.05, 0.1) is 6.42 Å². The molecule has 0 spiro atoms. The van der Waals surface area contributed by atoms with E-state index >= 15 is 0 Å². The maximum Gasteiger partial charge on any atom is 0.303 e. The Morgan fingerprint density at radius 2 is 1.38 bits per heavy atom. The van der Waals surface area contributed by atoms with Crippen LogP contribution in [0.4, 0.5) is 0 Å². The lowest BCUT2D eigenvalue weighted by atomic mass is 10.0. The Balaban J connectivity index is 2.02. The van der Waals surface area contributed by atoms with E-state index in [1.54, 1.807) is 60.7 Å². The number of rotatable bonds is 7. The normalized spacial score (nSPS) is 10.5. The Kier molecular flexibility index (Phi) is 5.03. The fourth-order valence-electron chi connectivity index (χ4n) is 2.44. The number of nitrogens with zero attached hydrogens (tertiary/aromatic N) is 1. The SMILES string of the molecule is O=C(O)CCc1nc(C(=O)c2ccccc2)c(C(=O)c2ccccc2)o1. The number of carbonyl (C=O) groups excluding carboxylic acids is 2. The number of hydrogen-bond acceptors (Lipinski definition) is 5. The van der Waals surface area contributed by atoms with Crippen LogP contribution < -0.4 is 0 Å². The number of ketones is 2. The van der Waals surface area contributed by atoms with Crippen LogP contribution in [-0.4, -0.2) is 27.6 Å². The molecule has 26 heavy (non-hydrogen) atoms. The van der Waals surface area contributed by atoms with E-state index in [4.69, 9.17) is 9.52 Å². The fourth-order valence-corrected chi connectivity index (χ4v) is 2.44. The summed E-state index contributed by atoms with van der Waals surface area (Å²) in [4.78, 5) is 40.4. The second kappa shape index (κ2) is 7.57. The van der Waals surface area contributed by atoms with Crippen molar-refractivity contribution in [3.63, 3.8) is 0 Å². The van der Waals surface area contributed by atoms with E-state index in [9.17, 15) is 14.4 Å². The molecule has 6 nitrogen and oxygen atoms in total. The molecule has 0 saturated heterocycles. The maximum atomic E-state index is 12.8. The topological polar surface area (TPSA) is 97.5 Å². The van der Waals surface area contributed by atoms with E-state index in [0.717, 1.165) is 0 Å². The van der Waals surface area contributed by atoms with Crippen LogP contribution >= 0.6 is 0 Å². The van der Waals surface area contributed by atoms with E-state index in [-0.39, 0.29) is 30.2 Å². The molecule has 2 aromatic carbocycles. The first-order valence-electron chi connectivity index (χ1n) is 7.97. The van der Waals surface area contributed by atoms with Gasteiger partial charge in [-0.2, -0.15) is 0 Å². The highest BCUT2D eigenvalue weighted by Gasteiger charge is 2.27. The molecule has 0 aliphatic heterocycles. The molecule has 0 radical (unpaired) electrons. The molecule has 0 unspecified atom stereocenters. The average molecular weight is 349 g/mol. The Bertz CT molecular complexity index is 876. The van der Waals surface area contributed by atoms with Crippen molar-refractivity contribution in [2.45, 2.75) is 12.8 Å². The number of aryl methyl sites for hydroxylation is 1. The van der Waals surface area contributed by atoms with Gasteiger partial charge in [0, 0.05) is 17.5 Å². The number of carboxylic acids is 1. The van der Waals surface area contributed by atoms with Crippen molar-refractivity contribution in [3.05, 3.63) is 89.1 Å². The zero-order valence-electron chi connectivity index (χ0n) is 13.7. The van der Waals surface area contributed by atoms with E-state index < -0.39 is 17.5 Å². The highest BCUT2D eigenvalue weighted by atomic mass is 16.4. The molecule has 6 heteroatoms. The summed E-state index contributed by atoms with van der Waals surface area (Å²) in [6.07, 6.45) is -0.217. The van der Waals surface area contributed by atoms with Gasteiger partial charge in [0.1, 0.15) is 0 Å². The van der Waals surface area contributed by atoms with E-state index in [1.807, 2.05) is 0 Å². The molecule has 0 aliphatic rings. The lowest BCUT2D eigenvalue weighted by molar-refractivity contribution is -0.137. The molecular weight excluding hydrogens is 334 g/mol. The molecule has 0 saturated carbocycles. The standard InChI is InChI=1S/C20H15NO5/c22-16(23)12-11-15-21-17(18(24)13-7-3-1-4-8-13)20(26-15)19(25)14-9-5-2-6-10-14/h1-10H,11-12H2,(H,22,23). The number of aromatic nitrogens is 1. The van der Waals surface area contributed by atoms with Gasteiger partial charge in [-0.15, -0.1) is 0 Å². The summed E-state index contributed by atoms with van der Waals surface area (Å²) in [7, 11) is 0. The van der Waals surface area contributed by atoms with E-state index in [0.29, 0.717) is 11.1 Å². The summed E-state index contributed by atoms with van der Waals surface area (Å²) in [5.41, 5.74) is 0.619. The van der Waals surface area contributed by atoms with Gasteiger partial charge >= 0.3 is 5.97 Å². The first-order chi connectivity index (χ1) is 12.6. The van der Waals surface area contributed by atoms with Crippen LogP contribution in [0.15, 0.2) is 65.1 Å². The van der Waals surface area contributed by atoms with Crippen molar-refractivity contribution >= 4 is 17.5 Å². The smallest absolute Gasteiger partial charge is 0.303 e. The number of benzene rings is 2. The van der Waals surface area contributed by atoms with Crippen LogP contribution in [0.2, 0.25) is 0 Å². The third kappa shape index (κ3) is 3.75. The summed E-state index contributed by atoms with van der Waals surface area (Å²) in [6.45, 7) is 0. The molecule has 0 fully saturated rings. The van der Waals surface area contributed by atoms with Crippen LogP contribution in [0.5, 0.6) is 0 Å². The second-order valence-electron chi connectivity index (χ2n) is 5.57. The minimum Gasteiger partial charge on any atom is -0.481 e.